The van der Waals surface area contributed by atoms with Gasteiger partial charge in [-0.1, -0.05) is 52.8 Å². The highest BCUT2D eigenvalue weighted by Gasteiger charge is 2.23. The maximum atomic E-state index is 13.2. The summed E-state index contributed by atoms with van der Waals surface area (Å²) >= 11 is 0. The second kappa shape index (κ2) is 9.44. The molecule has 178 valence electrons. The van der Waals surface area contributed by atoms with Gasteiger partial charge in [0.15, 0.2) is 0 Å². The van der Waals surface area contributed by atoms with Crippen molar-refractivity contribution in [2.24, 2.45) is 5.41 Å². The average molecular weight is 460 g/mol. The molecule has 5 nitrogen and oxygen atoms in total. The van der Waals surface area contributed by atoms with Crippen LogP contribution in [0.5, 0.6) is 0 Å². The lowest BCUT2D eigenvalue weighted by molar-refractivity contribution is 0.254. The van der Waals surface area contributed by atoms with Crippen LogP contribution < -0.4 is 10.0 Å². The summed E-state index contributed by atoms with van der Waals surface area (Å²) in [6.45, 7) is 18.5. The van der Waals surface area contributed by atoms with Crippen LogP contribution in [0.25, 0.3) is 0 Å². The highest BCUT2D eigenvalue weighted by Crippen LogP contribution is 2.33. The number of nitrogens with one attached hydrogen (secondary N) is 2. The molecule has 0 fully saturated rings. The van der Waals surface area contributed by atoms with Crippen molar-refractivity contribution >= 4 is 21.4 Å². The monoisotopic (exact) mass is 459 g/mol. The van der Waals surface area contributed by atoms with E-state index < -0.39 is 10.0 Å². The summed E-state index contributed by atoms with van der Waals surface area (Å²) in [5, 5.41) is 3.58. The number of benzene rings is 2. The molecule has 2 N–H and O–H groups in total. The Morgan fingerprint density at radius 1 is 0.875 bits per heavy atom. The number of nitrogens with zero attached hydrogens (tertiary/aromatic N) is 1. The summed E-state index contributed by atoms with van der Waals surface area (Å²) in [5.41, 5.74) is 5.71. The summed E-state index contributed by atoms with van der Waals surface area (Å²) in [6.07, 6.45) is 0. The van der Waals surface area contributed by atoms with Crippen LogP contribution >= 0.6 is 0 Å². The molecular formula is C26H41N3O2S. The van der Waals surface area contributed by atoms with Gasteiger partial charge in [0, 0.05) is 18.8 Å². The number of hydrogen-bond donors (Lipinski definition) is 2. The van der Waals surface area contributed by atoms with Crippen molar-refractivity contribution in [3.05, 3.63) is 52.6 Å². The molecule has 2 aromatic carbocycles. The predicted octanol–water partition coefficient (Wildman–Crippen LogP) is 5.71. The van der Waals surface area contributed by atoms with Gasteiger partial charge in [0.05, 0.1) is 10.6 Å². The summed E-state index contributed by atoms with van der Waals surface area (Å²) < 4.78 is 29.2. The Bertz CT molecular complexity index is 1050. The lowest BCUT2D eigenvalue weighted by Crippen LogP contribution is -2.34. The number of sulfonamides is 1. The first-order chi connectivity index (χ1) is 14.5. The van der Waals surface area contributed by atoms with Crippen molar-refractivity contribution in [2.45, 2.75) is 65.7 Å². The molecule has 0 radical (unpaired) electrons. The zero-order chi connectivity index (χ0) is 24.5. The third kappa shape index (κ3) is 6.48. The van der Waals surface area contributed by atoms with Gasteiger partial charge in [-0.15, -0.1) is 0 Å². The smallest absolute Gasteiger partial charge is 0.261 e. The van der Waals surface area contributed by atoms with Crippen molar-refractivity contribution < 1.29 is 8.42 Å². The third-order valence-electron chi connectivity index (χ3n) is 5.73. The van der Waals surface area contributed by atoms with Gasteiger partial charge in [0.2, 0.25) is 0 Å². The van der Waals surface area contributed by atoms with Gasteiger partial charge < -0.3 is 10.2 Å². The fourth-order valence-corrected chi connectivity index (χ4v) is 5.38. The van der Waals surface area contributed by atoms with E-state index in [-0.39, 0.29) is 15.7 Å². The molecule has 0 bridgehead atoms. The van der Waals surface area contributed by atoms with Crippen molar-refractivity contribution in [1.29, 1.82) is 0 Å². The molecule has 2 rings (SSSR count). The predicted molar refractivity (Wildman–Crippen MR) is 137 cm³/mol. The van der Waals surface area contributed by atoms with Crippen LogP contribution in [0.15, 0.2) is 35.2 Å². The van der Waals surface area contributed by atoms with Gasteiger partial charge in [0.25, 0.3) is 10.0 Å². The first-order valence-corrected chi connectivity index (χ1v) is 12.6. The Hall–Kier alpha value is -2.05. The van der Waals surface area contributed by atoms with Gasteiger partial charge in [-0.2, -0.15) is 0 Å². The summed E-state index contributed by atoms with van der Waals surface area (Å²) in [6, 6.07) is 9.19. The Morgan fingerprint density at radius 3 is 1.91 bits per heavy atom. The first-order valence-electron chi connectivity index (χ1n) is 11.2. The van der Waals surface area contributed by atoms with E-state index in [0.29, 0.717) is 5.69 Å². The van der Waals surface area contributed by atoms with E-state index in [2.05, 4.69) is 70.6 Å². The molecule has 32 heavy (non-hydrogen) atoms. The largest absolute Gasteiger partial charge is 0.384 e. The molecule has 0 heterocycles. The molecule has 0 aromatic heterocycles. The lowest BCUT2D eigenvalue weighted by Gasteiger charge is -2.30. The highest BCUT2D eigenvalue weighted by atomic mass is 32.2. The maximum Gasteiger partial charge on any atom is 0.261 e. The van der Waals surface area contributed by atoms with Crippen LogP contribution in [0.1, 0.15) is 56.9 Å². The van der Waals surface area contributed by atoms with Crippen LogP contribution in [-0.2, 0) is 15.4 Å². The van der Waals surface area contributed by atoms with Crippen LogP contribution in [0.3, 0.4) is 0 Å². The second-order valence-electron chi connectivity index (χ2n) is 11.0. The van der Waals surface area contributed by atoms with E-state index >= 15 is 0 Å². The summed E-state index contributed by atoms with van der Waals surface area (Å²) in [7, 11) is 0.455. The molecule has 0 unspecified atom stereocenters. The SMILES string of the molecule is Cc1cc(C)c(NS(=O)(=O)c2ccc(C(C)(C)C)cc2)c(C)c1NCC(C)(C)CN(C)C. The molecular weight excluding hydrogens is 418 g/mol. The standard InChI is InChI=1S/C26H41N3O2S/c1-18-15-19(2)24(20(3)23(18)27-16-26(7,8)17-29(9)10)28-32(30,31)22-13-11-21(12-14-22)25(4,5)6/h11-15,27-28H,16-17H2,1-10H3. The maximum absolute atomic E-state index is 13.2. The van der Waals surface area contributed by atoms with Crippen LogP contribution in [0.2, 0.25) is 0 Å². The molecule has 0 aliphatic rings. The van der Waals surface area contributed by atoms with Gasteiger partial charge in [-0.05, 0) is 80.1 Å². The molecule has 0 aliphatic carbocycles. The van der Waals surface area contributed by atoms with Crippen LogP contribution in [-0.4, -0.2) is 40.5 Å². The van der Waals surface area contributed by atoms with E-state index in [9.17, 15) is 8.42 Å². The van der Waals surface area contributed by atoms with Crippen LogP contribution in [0, 0.1) is 26.2 Å². The zero-order valence-corrected chi connectivity index (χ0v) is 22.3. The number of anilines is 2. The van der Waals surface area contributed by atoms with E-state index in [0.717, 1.165) is 41.0 Å². The normalized spacial score (nSPS) is 12.8. The van der Waals surface area contributed by atoms with Crippen molar-refractivity contribution in [1.82, 2.24) is 4.90 Å². The summed E-state index contributed by atoms with van der Waals surface area (Å²) in [5.74, 6) is 0. The fourth-order valence-electron chi connectivity index (χ4n) is 4.18. The summed E-state index contributed by atoms with van der Waals surface area (Å²) in [4.78, 5) is 2.45. The minimum absolute atomic E-state index is 0.0270. The van der Waals surface area contributed by atoms with Crippen molar-refractivity contribution in [3.8, 4) is 0 Å². The van der Waals surface area contributed by atoms with Crippen molar-refractivity contribution in [3.63, 3.8) is 0 Å². The van der Waals surface area contributed by atoms with E-state index in [1.165, 1.54) is 0 Å². The Kier molecular flexibility index (Phi) is 7.73. The fraction of sp³-hybridized carbons (Fsp3) is 0.538. The molecule has 6 heteroatoms. The molecule has 0 spiro atoms. The van der Waals surface area contributed by atoms with Gasteiger partial charge in [-0.3, -0.25) is 4.72 Å². The molecule has 0 atom stereocenters. The molecule has 2 aromatic rings. The third-order valence-corrected chi connectivity index (χ3v) is 7.09. The Balaban J connectivity index is 2.34. The second-order valence-corrected chi connectivity index (χ2v) is 12.7. The Labute approximate surface area is 195 Å². The molecule has 0 aliphatic heterocycles. The minimum atomic E-state index is -3.69. The quantitative estimate of drug-likeness (QED) is 0.531. The minimum Gasteiger partial charge on any atom is -0.384 e. The molecule has 0 saturated carbocycles. The average Bonchev–Trinajstić information content (AvgIpc) is 2.63. The van der Waals surface area contributed by atoms with E-state index in [1.54, 1.807) is 12.1 Å². The van der Waals surface area contributed by atoms with E-state index in [4.69, 9.17) is 0 Å². The molecule has 0 saturated heterocycles. The van der Waals surface area contributed by atoms with Gasteiger partial charge >= 0.3 is 0 Å². The number of hydrogen-bond acceptors (Lipinski definition) is 4. The lowest BCUT2D eigenvalue weighted by atomic mass is 9.87. The van der Waals surface area contributed by atoms with Crippen molar-refractivity contribution in [2.75, 3.05) is 37.2 Å². The topological polar surface area (TPSA) is 61.4 Å². The Morgan fingerprint density at radius 2 is 1.41 bits per heavy atom. The zero-order valence-electron chi connectivity index (χ0n) is 21.5. The molecule has 0 amide bonds. The first kappa shape index (κ1) is 26.2. The van der Waals surface area contributed by atoms with E-state index in [1.807, 2.05) is 32.0 Å². The highest BCUT2D eigenvalue weighted by molar-refractivity contribution is 7.92. The van der Waals surface area contributed by atoms with Gasteiger partial charge in [-0.25, -0.2) is 8.42 Å². The number of rotatable bonds is 8. The van der Waals surface area contributed by atoms with Crippen LogP contribution in [0.4, 0.5) is 11.4 Å². The number of aryl methyl sites for hydroxylation is 2. The van der Waals surface area contributed by atoms with Gasteiger partial charge in [0.1, 0.15) is 0 Å².